The van der Waals surface area contributed by atoms with Gasteiger partial charge in [-0.15, -0.1) is 0 Å². The number of unbranched alkanes of at least 4 members (excludes halogenated alkanes) is 7. The van der Waals surface area contributed by atoms with Crippen molar-refractivity contribution in [1.82, 2.24) is 0 Å². The van der Waals surface area contributed by atoms with Gasteiger partial charge in [0.05, 0.1) is 6.61 Å². The first kappa shape index (κ1) is 15.2. The summed E-state index contributed by atoms with van der Waals surface area (Å²) in [4.78, 5) is 10.5. The molecule has 0 aliphatic heterocycles. The molecular weight excluding hydrogens is 303 g/mol. The van der Waals surface area contributed by atoms with E-state index in [-0.39, 0.29) is 5.97 Å². The first-order valence-electron chi connectivity index (χ1n) is 5.96. The molecule has 0 aromatic rings. The minimum absolute atomic E-state index is 0.159. The number of rotatable bonds is 10. The maximum Gasteiger partial charge on any atom is 0.302 e. The molecule has 0 aliphatic carbocycles. The van der Waals surface area contributed by atoms with Gasteiger partial charge in [-0.2, -0.15) is 0 Å². The number of ether oxygens (including phenoxy) is 1. The Morgan fingerprint density at radius 3 is 1.87 bits per heavy atom. The second kappa shape index (κ2) is 12.3. The van der Waals surface area contributed by atoms with Crippen molar-refractivity contribution < 1.29 is 9.53 Å². The fourth-order valence-electron chi connectivity index (χ4n) is 1.47. The molecule has 0 saturated heterocycles. The van der Waals surface area contributed by atoms with E-state index in [1.54, 1.807) is 0 Å². The highest BCUT2D eigenvalue weighted by Crippen LogP contribution is 2.09. The van der Waals surface area contributed by atoms with Crippen LogP contribution in [0.3, 0.4) is 0 Å². The van der Waals surface area contributed by atoms with Gasteiger partial charge in [0.1, 0.15) is 0 Å². The summed E-state index contributed by atoms with van der Waals surface area (Å²) in [6, 6.07) is 0. The molecular formula is C12H23IO2. The van der Waals surface area contributed by atoms with Crippen molar-refractivity contribution in [2.75, 3.05) is 11.0 Å². The van der Waals surface area contributed by atoms with E-state index in [1.807, 2.05) is 0 Å². The van der Waals surface area contributed by atoms with Gasteiger partial charge in [0.15, 0.2) is 0 Å². The van der Waals surface area contributed by atoms with Gasteiger partial charge >= 0.3 is 5.97 Å². The number of halogens is 1. The first-order chi connectivity index (χ1) is 7.27. The molecule has 2 nitrogen and oxygen atoms in total. The summed E-state index contributed by atoms with van der Waals surface area (Å²) in [5.41, 5.74) is 0. The van der Waals surface area contributed by atoms with Crippen LogP contribution in [-0.2, 0) is 9.53 Å². The third-order valence-electron chi connectivity index (χ3n) is 2.33. The molecule has 0 saturated carbocycles. The fraction of sp³-hybridized carbons (Fsp3) is 0.917. The van der Waals surface area contributed by atoms with Crippen molar-refractivity contribution in [2.24, 2.45) is 0 Å². The van der Waals surface area contributed by atoms with Gasteiger partial charge in [-0.3, -0.25) is 4.79 Å². The van der Waals surface area contributed by atoms with Gasteiger partial charge in [0.25, 0.3) is 0 Å². The Morgan fingerprint density at radius 2 is 1.40 bits per heavy atom. The third-order valence-corrected chi connectivity index (χ3v) is 3.10. The number of hydrogen-bond acceptors (Lipinski definition) is 2. The maximum absolute atomic E-state index is 10.5. The lowest BCUT2D eigenvalue weighted by Crippen LogP contribution is -2.00. The van der Waals surface area contributed by atoms with E-state index < -0.39 is 0 Å². The zero-order chi connectivity index (χ0) is 11.4. The zero-order valence-electron chi connectivity index (χ0n) is 9.77. The van der Waals surface area contributed by atoms with Crippen LogP contribution in [-0.4, -0.2) is 17.0 Å². The van der Waals surface area contributed by atoms with Gasteiger partial charge < -0.3 is 4.74 Å². The van der Waals surface area contributed by atoms with Gasteiger partial charge in [-0.1, -0.05) is 61.1 Å². The van der Waals surface area contributed by atoms with Crippen molar-refractivity contribution in [2.45, 2.75) is 58.3 Å². The van der Waals surface area contributed by atoms with Crippen LogP contribution in [0.4, 0.5) is 0 Å². The van der Waals surface area contributed by atoms with E-state index >= 15 is 0 Å². The molecule has 0 heterocycles. The lowest BCUT2D eigenvalue weighted by Gasteiger charge is -2.02. The van der Waals surface area contributed by atoms with E-state index in [4.69, 9.17) is 4.74 Å². The second-order valence-electron chi connectivity index (χ2n) is 3.86. The second-order valence-corrected chi connectivity index (χ2v) is 4.94. The molecule has 0 fully saturated rings. The Kier molecular flexibility index (Phi) is 12.4. The molecule has 0 unspecified atom stereocenters. The van der Waals surface area contributed by atoms with Gasteiger partial charge in [0.2, 0.25) is 0 Å². The molecule has 15 heavy (non-hydrogen) atoms. The summed E-state index contributed by atoms with van der Waals surface area (Å²) < 4.78 is 6.15. The van der Waals surface area contributed by atoms with Crippen LogP contribution in [0.2, 0.25) is 0 Å². The summed E-state index contributed by atoms with van der Waals surface area (Å²) in [7, 11) is 0. The lowest BCUT2D eigenvalue weighted by atomic mass is 10.1. The average molecular weight is 326 g/mol. The van der Waals surface area contributed by atoms with E-state index in [0.29, 0.717) is 6.61 Å². The molecule has 0 spiro atoms. The molecule has 0 radical (unpaired) electrons. The molecule has 0 aromatic carbocycles. The van der Waals surface area contributed by atoms with Gasteiger partial charge in [-0.05, 0) is 17.3 Å². The SMILES string of the molecule is CC(=O)OCCCCCCCCCCI. The molecule has 0 atom stereocenters. The minimum atomic E-state index is -0.159. The predicted molar refractivity (Wildman–Crippen MR) is 72.5 cm³/mol. The van der Waals surface area contributed by atoms with E-state index in [1.165, 1.54) is 56.3 Å². The number of alkyl halides is 1. The molecule has 0 amide bonds. The van der Waals surface area contributed by atoms with Crippen molar-refractivity contribution in [3.05, 3.63) is 0 Å². The normalized spacial score (nSPS) is 10.3. The molecule has 90 valence electrons. The fourth-order valence-corrected chi connectivity index (χ4v) is 2.01. The number of carbonyl (C=O) groups is 1. The highest BCUT2D eigenvalue weighted by molar-refractivity contribution is 14.1. The summed E-state index contributed by atoms with van der Waals surface area (Å²) in [5.74, 6) is -0.159. The van der Waals surface area contributed by atoms with E-state index in [9.17, 15) is 4.79 Å². The Labute approximate surface area is 107 Å². The molecule has 0 N–H and O–H groups in total. The van der Waals surface area contributed by atoms with E-state index in [2.05, 4.69) is 22.6 Å². The van der Waals surface area contributed by atoms with Crippen LogP contribution >= 0.6 is 22.6 Å². The molecule has 0 bridgehead atoms. The zero-order valence-corrected chi connectivity index (χ0v) is 11.9. The van der Waals surface area contributed by atoms with Crippen LogP contribution in [0, 0.1) is 0 Å². The monoisotopic (exact) mass is 326 g/mol. The van der Waals surface area contributed by atoms with Crippen LogP contribution < -0.4 is 0 Å². The highest BCUT2D eigenvalue weighted by atomic mass is 127. The smallest absolute Gasteiger partial charge is 0.302 e. The standard InChI is InChI=1S/C12H23IO2/c1-12(14)15-11-9-7-5-3-2-4-6-8-10-13/h2-11H2,1H3. The Hall–Kier alpha value is 0.200. The first-order valence-corrected chi connectivity index (χ1v) is 7.49. The topological polar surface area (TPSA) is 26.3 Å². The predicted octanol–water partition coefficient (Wildman–Crippen LogP) is 4.11. The highest BCUT2D eigenvalue weighted by Gasteiger charge is 1.94. The summed E-state index contributed by atoms with van der Waals surface area (Å²) in [6.45, 7) is 2.07. The van der Waals surface area contributed by atoms with E-state index in [0.717, 1.165) is 6.42 Å². The van der Waals surface area contributed by atoms with Crippen LogP contribution in [0.25, 0.3) is 0 Å². The molecule has 3 heteroatoms. The Balaban J connectivity index is 2.89. The summed E-state index contributed by atoms with van der Waals surface area (Å²) in [6.07, 6.45) is 10.3. The third kappa shape index (κ3) is 14.2. The molecule has 0 aliphatic rings. The Bertz CT molecular complexity index is 149. The van der Waals surface area contributed by atoms with Crippen molar-refractivity contribution >= 4 is 28.6 Å². The molecule has 0 aromatic heterocycles. The van der Waals surface area contributed by atoms with Gasteiger partial charge in [-0.25, -0.2) is 0 Å². The number of esters is 1. The van der Waals surface area contributed by atoms with Crippen molar-refractivity contribution in [3.8, 4) is 0 Å². The maximum atomic E-state index is 10.5. The minimum Gasteiger partial charge on any atom is -0.466 e. The van der Waals surface area contributed by atoms with Crippen LogP contribution in [0.5, 0.6) is 0 Å². The summed E-state index contributed by atoms with van der Waals surface area (Å²) in [5, 5.41) is 0. The number of hydrogen-bond donors (Lipinski definition) is 0. The van der Waals surface area contributed by atoms with Crippen LogP contribution in [0.1, 0.15) is 58.3 Å². The van der Waals surface area contributed by atoms with Gasteiger partial charge in [0, 0.05) is 6.92 Å². The molecule has 0 rings (SSSR count). The lowest BCUT2D eigenvalue weighted by molar-refractivity contribution is -0.141. The van der Waals surface area contributed by atoms with Crippen molar-refractivity contribution in [3.63, 3.8) is 0 Å². The average Bonchev–Trinajstić information content (AvgIpc) is 2.20. The quantitative estimate of drug-likeness (QED) is 0.261. The Morgan fingerprint density at radius 1 is 0.933 bits per heavy atom. The van der Waals surface area contributed by atoms with Crippen LogP contribution in [0.15, 0.2) is 0 Å². The largest absolute Gasteiger partial charge is 0.466 e. The summed E-state index contributed by atoms with van der Waals surface area (Å²) >= 11 is 2.43. The van der Waals surface area contributed by atoms with Crippen molar-refractivity contribution in [1.29, 1.82) is 0 Å². The number of carbonyl (C=O) groups excluding carboxylic acids is 1.